The Morgan fingerprint density at radius 1 is 1.16 bits per heavy atom. The standard InChI is InChI=1S/C20H17ClN2O8S/c1-32(29,30)9-8-17(22-18(24)14-4-2-3-5-15(14)19(22)25)20(26)31-11-12-6-7-13(23(27)28)10-16(12)21/h2-7,10,17H,8-9,11H2,1H3/t17-/m1/s1. The SMILES string of the molecule is CS(=O)(=O)CC[C@H](C(=O)OCc1ccc([N+](=O)[O-])cc1Cl)N1C(=O)c2ccccc2C1=O. The lowest BCUT2D eigenvalue weighted by Crippen LogP contribution is -2.46. The predicted molar refractivity (Wildman–Crippen MR) is 113 cm³/mol. The smallest absolute Gasteiger partial charge is 0.329 e. The molecule has 1 aliphatic heterocycles. The quantitative estimate of drug-likeness (QED) is 0.242. The van der Waals surface area contributed by atoms with E-state index in [-0.39, 0.29) is 33.8 Å². The number of ether oxygens (including phenoxy) is 1. The largest absolute Gasteiger partial charge is 0.459 e. The van der Waals surface area contributed by atoms with Crippen molar-refractivity contribution in [2.24, 2.45) is 0 Å². The number of halogens is 1. The fourth-order valence-corrected chi connectivity index (χ4v) is 4.06. The normalized spacial score (nSPS) is 14.2. The number of benzene rings is 2. The summed E-state index contributed by atoms with van der Waals surface area (Å²) < 4.78 is 28.5. The van der Waals surface area contributed by atoms with E-state index in [0.717, 1.165) is 12.3 Å². The zero-order valence-corrected chi connectivity index (χ0v) is 18.3. The van der Waals surface area contributed by atoms with Crippen LogP contribution in [0.15, 0.2) is 42.5 Å². The van der Waals surface area contributed by atoms with Gasteiger partial charge in [0.15, 0.2) is 0 Å². The number of nitrogens with zero attached hydrogens (tertiary/aromatic N) is 2. The summed E-state index contributed by atoms with van der Waals surface area (Å²) in [6, 6.07) is 8.10. The highest BCUT2D eigenvalue weighted by Gasteiger charge is 2.43. The lowest BCUT2D eigenvalue weighted by atomic mass is 10.1. The van der Waals surface area contributed by atoms with Gasteiger partial charge in [0.05, 0.1) is 26.8 Å². The van der Waals surface area contributed by atoms with Crippen molar-refractivity contribution in [3.05, 3.63) is 74.3 Å². The van der Waals surface area contributed by atoms with Crippen molar-refractivity contribution in [1.29, 1.82) is 0 Å². The number of fused-ring (bicyclic) bond motifs is 1. The summed E-state index contributed by atoms with van der Waals surface area (Å²) in [5.74, 6) is -2.92. The van der Waals surface area contributed by atoms with Crippen LogP contribution in [-0.4, -0.2) is 54.1 Å². The zero-order valence-electron chi connectivity index (χ0n) is 16.7. The van der Waals surface area contributed by atoms with Crippen LogP contribution in [0.4, 0.5) is 5.69 Å². The molecule has 10 nitrogen and oxygen atoms in total. The van der Waals surface area contributed by atoms with Gasteiger partial charge in [0.1, 0.15) is 22.5 Å². The van der Waals surface area contributed by atoms with Gasteiger partial charge in [0, 0.05) is 24.0 Å². The topological polar surface area (TPSA) is 141 Å². The predicted octanol–water partition coefficient (Wildman–Crippen LogP) is 2.39. The van der Waals surface area contributed by atoms with Gasteiger partial charge in [-0.15, -0.1) is 0 Å². The van der Waals surface area contributed by atoms with E-state index in [9.17, 15) is 32.9 Å². The summed E-state index contributed by atoms with van der Waals surface area (Å²) in [5, 5.41) is 10.8. The lowest BCUT2D eigenvalue weighted by Gasteiger charge is -2.24. The number of nitro groups is 1. The molecular formula is C20H17ClN2O8S. The number of hydrogen-bond acceptors (Lipinski definition) is 8. The number of sulfone groups is 1. The van der Waals surface area contributed by atoms with Crippen LogP contribution in [0.1, 0.15) is 32.7 Å². The summed E-state index contributed by atoms with van der Waals surface area (Å²) in [4.78, 5) is 49.3. The van der Waals surface area contributed by atoms with Crippen LogP contribution in [0.5, 0.6) is 0 Å². The maximum absolute atomic E-state index is 12.8. The number of amides is 2. The highest BCUT2D eigenvalue weighted by Crippen LogP contribution is 2.27. The van der Waals surface area contributed by atoms with Crippen molar-refractivity contribution in [3.8, 4) is 0 Å². The average molecular weight is 481 g/mol. The number of rotatable bonds is 8. The second kappa shape index (κ2) is 9.05. The molecule has 0 aromatic heterocycles. The minimum Gasteiger partial charge on any atom is -0.459 e. The van der Waals surface area contributed by atoms with Crippen molar-refractivity contribution >= 4 is 44.9 Å². The Labute approximate surface area is 187 Å². The Hall–Kier alpha value is -3.31. The van der Waals surface area contributed by atoms with Gasteiger partial charge >= 0.3 is 5.97 Å². The van der Waals surface area contributed by atoms with Crippen molar-refractivity contribution in [2.45, 2.75) is 19.1 Å². The fraction of sp³-hybridized carbons (Fsp3) is 0.250. The average Bonchev–Trinajstić information content (AvgIpc) is 2.97. The lowest BCUT2D eigenvalue weighted by molar-refractivity contribution is -0.384. The molecule has 0 radical (unpaired) electrons. The number of hydrogen-bond donors (Lipinski definition) is 0. The molecule has 0 N–H and O–H groups in total. The van der Waals surface area contributed by atoms with Gasteiger partial charge in [0.25, 0.3) is 17.5 Å². The molecule has 0 bridgehead atoms. The van der Waals surface area contributed by atoms with Crippen LogP contribution in [0.25, 0.3) is 0 Å². The minimum atomic E-state index is -3.51. The number of non-ortho nitro benzene ring substituents is 1. The fourth-order valence-electron chi connectivity index (χ4n) is 3.18. The number of nitro benzene ring substituents is 1. The molecule has 0 saturated heterocycles. The molecule has 3 rings (SSSR count). The molecule has 0 saturated carbocycles. The molecule has 12 heteroatoms. The van der Waals surface area contributed by atoms with Crippen molar-refractivity contribution < 1.29 is 32.5 Å². The van der Waals surface area contributed by atoms with E-state index in [4.69, 9.17) is 16.3 Å². The minimum absolute atomic E-state index is 0.0135. The van der Waals surface area contributed by atoms with E-state index in [0.29, 0.717) is 4.90 Å². The second-order valence-electron chi connectivity index (χ2n) is 7.10. The maximum atomic E-state index is 12.8. The third-order valence-corrected chi connectivity index (χ3v) is 6.12. The molecule has 2 aromatic carbocycles. The third kappa shape index (κ3) is 4.94. The first-order valence-corrected chi connectivity index (χ1v) is 11.7. The molecule has 168 valence electrons. The van der Waals surface area contributed by atoms with E-state index >= 15 is 0 Å². The summed E-state index contributed by atoms with van der Waals surface area (Å²) in [6.45, 7) is -0.395. The van der Waals surface area contributed by atoms with Gasteiger partial charge in [-0.05, 0) is 24.6 Å². The number of carbonyl (C=O) groups excluding carboxylic acids is 3. The van der Waals surface area contributed by atoms with Crippen LogP contribution >= 0.6 is 11.6 Å². The Bertz CT molecular complexity index is 1190. The molecule has 0 unspecified atom stereocenters. The Kier molecular flexibility index (Phi) is 6.60. The number of esters is 1. The van der Waals surface area contributed by atoms with E-state index < -0.39 is 50.9 Å². The first-order valence-electron chi connectivity index (χ1n) is 9.23. The maximum Gasteiger partial charge on any atom is 0.329 e. The van der Waals surface area contributed by atoms with Crippen LogP contribution in [-0.2, 0) is 26.0 Å². The van der Waals surface area contributed by atoms with Crippen LogP contribution in [0, 0.1) is 10.1 Å². The highest BCUT2D eigenvalue weighted by molar-refractivity contribution is 7.90. The molecule has 2 aromatic rings. The molecule has 1 aliphatic rings. The molecule has 0 fully saturated rings. The summed E-state index contributed by atoms with van der Waals surface area (Å²) in [5.41, 5.74) is 0.220. The molecule has 2 amide bonds. The Morgan fingerprint density at radius 2 is 1.75 bits per heavy atom. The summed E-state index contributed by atoms with van der Waals surface area (Å²) in [6.07, 6.45) is 0.617. The first kappa shape index (κ1) is 23.4. The highest BCUT2D eigenvalue weighted by atomic mass is 35.5. The molecule has 0 spiro atoms. The molecule has 1 atom stereocenters. The van der Waals surface area contributed by atoms with Gasteiger partial charge in [-0.1, -0.05) is 23.7 Å². The Morgan fingerprint density at radius 3 is 2.25 bits per heavy atom. The molecule has 1 heterocycles. The van der Waals surface area contributed by atoms with E-state index in [1.807, 2.05) is 0 Å². The molecular weight excluding hydrogens is 464 g/mol. The number of carbonyl (C=O) groups is 3. The van der Waals surface area contributed by atoms with Crippen LogP contribution in [0.2, 0.25) is 5.02 Å². The van der Waals surface area contributed by atoms with Crippen LogP contribution in [0.3, 0.4) is 0 Å². The summed E-state index contributed by atoms with van der Waals surface area (Å²) >= 11 is 6.00. The van der Waals surface area contributed by atoms with Gasteiger partial charge < -0.3 is 4.74 Å². The monoisotopic (exact) mass is 480 g/mol. The van der Waals surface area contributed by atoms with Gasteiger partial charge in [0.2, 0.25) is 0 Å². The van der Waals surface area contributed by atoms with E-state index in [1.165, 1.54) is 24.3 Å². The van der Waals surface area contributed by atoms with Gasteiger partial charge in [-0.2, -0.15) is 0 Å². The van der Waals surface area contributed by atoms with E-state index in [2.05, 4.69) is 0 Å². The zero-order chi connectivity index (χ0) is 23.6. The Balaban J connectivity index is 1.83. The molecule has 32 heavy (non-hydrogen) atoms. The van der Waals surface area contributed by atoms with Crippen molar-refractivity contribution in [1.82, 2.24) is 4.90 Å². The molecule has 0 aliphatic carbocycles. The second-order valence-corrected chi connectivity index (χ2v) is 9.77. The van der Waals surface area contributed by atoms with Crippen molar-refractivity contribution in [2.75, 3.05) is 12.0 Å². The number of imide groups is 1. The van der Waals surface area contributed by atoms with E-state index in [1.54, 1.807) is 12.1 Å². The first-order chi connectivity index (χ1) is 15.0. The van der Waals surface area contributed by atoms with Crippen LogP contribution < -0.4 is 0 Å². The van der Waals surface area contributed by atoms with Gasteiger partial charge in [-0.3, -0.25) is 24.6 Å². The van der Waals surface area contributed by atoms with Crippen molar-refractivity contribution in [3.63, 3.8) is 0 Å². The van der Waals surface area contributed by atoms with Gasteiger partial charge in [-0.25, -0.2) is 13.2 Å². The third-order valence-electron chi connectivity index (χ3n) is 4.79. The summed E-state index contributed by atoms with van der Waals surface area (Å²) in [7, 11) is -3.51.